The van der Waals surface area contributed by atoms with E-state index in [4.69, 9.17) is 9.47 Å². The maximum absolute atomic E-state index is 12.9. The van der Waals surface area contributed by atoms with E-state index in [2.05, 4.69) is 21.2 Å². The molecule has 1 saturated carbocycles. The first-order valence-corrected chi connectivity index (χ1v) is 11.3. The lowest BCUT2D eigenvalue weighted by atomic mass is 10.0. The number of methoxy groups -OCH3 is 2. The molecule has 1 atom stereocenters. The summed E-state index contributed by atoms with van der Waals surface area (Å²) in [6.07, 6.45) is 2.84. The van der Waals surface area contributed by atoms with Gasteiger partial charge in [0.2, 0.25) is 11.8 Å². The van der Waals surface area contributed by atoms with Crippen molar-refractivity contribution in [2.75, 3.05) is 27.3 Å². The van der Waals surface area contributed by atoms with Crippen LogP contribution in [-0.2, 0) is 21.5 Å². The van der Waals surface area contributed by atoms with Gasteiger partial charge in [0.15, 0.2) is 11.5 Å². The Kier molecular flexibility index (Phi) is 6.23. The molecule has 0 bridgehead atoms. The van der Waals surface area contributed by atoms with Crippen LogP contribution in [0.15, 0.2) is 46.9 Å². The van der Waals surface area contributed by atoms with E-state index in [1.165, 1.54) is 0 Å². The minimum atomic E-state index is -0.300. The van der Waals surface area contributed by atoms with Gasteiger partial charge in [-0.05, 0) is 54.7 Å². The number of hydrogen-bond acceptors (Lipinski definition) is 4. The van der Waals surface area contributed by atoms with Crippen LogP contribution in [0.25, 0.3) is 0 Å². The number of nitrogens with one attached hydrogen (secondary N) is 1. The molecule has 0 radical (unpaired) electrons. The van der Waals surface area contributed by atoms with Crippen LogP contribution < -0.4 is 14.8 Å². The first-order valence-electron chi connectivity index (χ1n) is 10.5. The molecule has 1 saturated heterocycles. The molecule has 31 heavy (non-hydrogen) atoms. The summed E-state index contributed by atoms with van der Waals surface area (Å²) in [5, 5.41) is 3.22. The second-order valence-corrected chi connectivity index (χ2v) is 9.17. The smallest absolute Gasteiger partial charge is 0.226 e. The van der Waals surface area contributed by atoms with E-state index in [-0.39, 0.29) is 29.7 Å². The fraction of sp³-hybridized carbons (Fsp3) is 0.417. The fourth-order valence-corrected chi connectivity index (χ4v) is 4.45. The van der Waals surface area contributed by atoms with Gasteiger partial charge < -0.3 is 19.7 Å². The van der Waals surface area contributed by atoms with E-state index >= 15 is 0 Å². The van der Waals surface area contributed by atoms with Crippen molar-refractivity contribution < 1.29 is 19.1 Å². The first kappa shape index (κ1) is 21.7. The molecule has 2 aromatic rings. The van der Waals surface area contributed by atoms with Crippen LogP contribution in [0.2, 0.25) is 0 Å². The third-order valence-electron chi connectivity index (χ3n) is 6.21. The molecule has 2 fully saturated rings. The summed E-state index contributed by atoms with van der Waals surface area (Å²) in [6, 6.07) is 13.9. The van der Waals surface area contributed by atoms with Crippen molar-refractivity contribution in [2.24, 2.45) is 5.92 Å². The maximum atomic E-state index is 12.9. The van der Waals surface area contributed by atoms with Gasteiger partial charge in [0.05, 0.1) is 25.7 Å². The van der Waals surface area contributed by atoms with Crippen molar-refractivity contribution in [3.8, 4) is 11.5 Å². The van der Waals surface area contributed by atoms with Crippen LogP contribution in [0.1, 0.15) is 30.4 Å². The Bertz CT molecular complexity index is 972. The Morgan fingerprint density at radius 1 is 1.13 bits per heavy atom. The van der Waals surface area contributed by atoms with E-state index in [0.717, 1.165) is 28.4 Å². The number of carbonyl (C=O) groups is 2. The topological polar surface area (TPSA) is 67.9 Å². The lowest BCUT2D eigenvalue weighted by Crippen LogP contribution is -2.40. The summed E-state index contributed by atoms with van der Waals surface area (Å²) in [7, 11) is 3.21. The number of amides is 2. The Morgan fingerprint density at radius 2 is 1.84 bits per heavy atom. The van der Waals surface area contributed by atoms with Crippen LogP contribution in [0.3, 0.4) is 0 Å². The second kappa shape index (κ2) is 8.91. The van der Waals surface area contributed by atoms with Gasteiger partial charge in [-0.3, -0.25) is 9.59 Å². The van der Waals surface area contributed by atoms with Crippen molar-refractivity contribution in [1.82, 2.24) is 10.2 Å². The minimum absolute atomic E-state index is 0.0256. The third-order valence-corrected chi connectivity index (χ3v) is 6.74. The predicted octanol–water partition coefficient (Wildman–Crippen LogP) is 3.66. The molecule has 1 N–H and O–H groups in total. The third kappa shape index (κ3) is 4.71. The van der Waals surface area contributed by atoms with Crippen molar-refractivity contribution in [3.05, 3.63) is 58.1 Å². The first-order chi connectivity index (χ1) is 14.9. The van der Waals surface area contributed by atoms with Gasteiger partial charge in [-0.15, -0.1) is 0 Å². The molecule has 0 spiro atoms. The average molecular weight is 487 g/mol. The minimum Gasteiger partial charge on any atom is -0.493 e. The number of hydrogen-bond donors (Lipinski definition) is 1. The van der Waals surface area contributed by atoms with Gasteiger partial charge in [0.25, 0.3) is 0 Å². The predicted molar refractivity (Wildman–Crippen MR) is 121 cm³/mol. The van der Waals surface area contributed by atoms with Gasteiger partial charge >= 0.3 is 0 Å². The van der Waals surface area contributed by atoms with E-state index in [1.54, 1.807) is 19.1 Å². The van der Waals surface area contributed by atoms with Crippen molar-refractivity contribution in [3.63, 3.8) is 0 Å². The van der Waals surface area contributed by atoms with Crippen LogP contribution in [0.4, 0.5) is 0 Å². The van der Waals surface area contributed by atoms with Crippen molar-refractivity contribution in [1.29, 1.82) is 0 Å². The number of nitrogens with zero attached hydrogens (tertiary/aromatic N) is 1. The molecule has 0 aromatic heterocycles. The summed E-state index contributed by atoms with van der Waals surface area (Å²) in [4.78, 5) is 27.2. The molecule has 1 heterocycles. The molecular weight excluding hydrogens is 460 g/mol. The van der Waals surface area contributed by atoms with Gasteiger partial charge in [0.1, 0.15) is 0 Å². The number of carbonyl (C=O) groups excluding carboxylic acids is 2. The fourth-order valence-electron chi connectivity index (χ4n) is 4.18. The number of ether oxygens (including phenoxy) is 2. The molecule has 7 heteroatoms. The molecule has 2 aromatic carbocycles. The molecule has 164 valence electrons. The monoisotopic (exact) mass is 486 g/mol. The molecule has 6 nitrogen and oxygen atoms in total. The zero-order valence-electron chi connectivity index (χ0n) is 17.8. The molecule has 4 rings (SSSR count). The maximum Gasteiger partial charge on any atom is 0.226 e. The standard InChI is InChI=1S/C24H27BrN2O4/c1-30-20-8-3-16(13-21(20)31-2)9-12-27-15-17(14-22(27)28)23(29)26-24(10-11-24)18-4-6-19(25)7-5-18/h3-8,13,17H,9-12,14-15H2,1-2H3,(H,26,29). The summed E-state index contributed by atoms with van der Waals surface area (Å²) >= 11 is 3.45. The average Bonchev–Trinajstić information content (AvgIpc) is 3.46. The van der Waals surface area contributed by atoms with E-state index in [9.17, 15) is 9.59 Å². The van der Waals surface area contributed by atoms with E-state index in [1.807, 2.05) is 42.5 Å². The molecule has 1 aliphatic heterocycles. The highest BCUT2D eigenvalue weighted by Gasteiger charge is 2.47. The Balaban J connectivity index is 1.34. The molecular formula is C24H27BrN2O4. The second-order valence-electron chi connectivity index (χ2n) is 8.26. The number of rotatable bonds is 8. The van der Waals surface area contributed by atoms with Gasteiger partial charge in [0, 0.05) is 24.0 Å². The van der Waals surface area contributed by atoms with E-state index < -0.39 is 0 Å². The SMILES string of the molecule is COc1ccc(CCN2CC(C(=O)NC3(c4ccc(Br)cc4)CC3)CC2=O)cc1OC. The summed E-state index contributed by atoms with van der Waals surface area (Å²) in [5.74, 6) is 1.06. The van der Waals surface area contributed by atoms with Crippen LogP contribution in [0.5, 0.6) is 11.5 Å². The van der Waals surface area contributed by atoms with Crippen LogP contribution in [-0.4, -0.2) is 44.0 Å². The Hall–Kier alpha value is -2.54. The van der Waals surface area contributed by atoms with E-state index in [0.29, 0.717) is 31.0 Å². The van der Waals surface area contributed by atoms with Crippen LogP contribution >= 0.6 is 15.9 Å². The van der Waals surface area contributed by atoms with Crippen molar-refractivity contribution in [2.45, 2.75) is 31.2 Å². The van der Waals surface area contributed by atoms with Crippen molar-refractivity contribution >= 4 is 27.7 Å². The van der Waals surface area contributed by atoms with Gasteiger partial charge in [-0.2, -0.15) is 0 Å². The highest BCUT2D eigenvalue weighted by Crippen LogP contribution is 2.46. The largest absolute Gasteiger partial charge is 0.493 e. The lowest BCUT2D eigenvalue weighted by Gasteiger charge is -2.21. The lowest BCUT2D eigenvalue weighted by molar-refractivity contribution is -0.129. The quantitative estimate of drug-likeness (QED) is 0.617. The molecule has 1 aliphatic carbocycles. The highest BCUT2D eigenvalue weighted by atomic mass is 79.9. The number of likely N-dealkylation sites (tertiary alicyclic amines) is 1. The molecule has 2 amide bonds. The van der Waals surface area contributed by atoms with Gasteiger partial charge in [-0.25, -0.2) is 0 Å². The Morgan fingerprint density at radius 3 is 2.48 bits per heavy atom. The molecule has 1 unspecified atom stereocenters. The summed E-state index contributed by atoms with van der Waals surface area (Å²) < 4.78 is 11.6. The van der Waals surface area contributed by atoms with Gasteiger partial charge in [-0.1, -0.05) is 34.1 Å². The highest BCUT2D eigenvalue weighted by molar-refractivity contribution is 9.10. The zero-order valence-corrected chi connectivity index (χ0v) is 19.4. The number of halogens is 1. The normalized spacial score (nSPS) is 19.3. The zero-order chi connectivity index (χ0) is 22.0. The van der Waals surface area contributed by atoms with Crippen LogP contribution in [0, 0.1) is 5.92 Å². The summed E-state index contributed by atoms with van der Waals surface area (Å²) in [5.41, 5.74) is 1.91. The molecule has 2 aliphatic rings. The summed E-state index contributed by atoms with van der Waals surface area (Å²) in [6.45, 7) is 1.05. The Labute approximate surface area is 191 Å². The number of benzene rings is 2.